The van der Waals surface area contributed by atoms with Crippen LogP contribution in [0.5, 0.6) is 0 Å². The van der Waals surface area contributed by atoms with Crippen LogP contribution in [-0.2, 0) is 4.79 Å². The van der Waals surface area contributed by atoms with Crippen LogP contribution in [0.15, 0.2) is 18.3 Å². The Morgan fingerprint density at radius 2 is 2.00 bits per heavy atom. The van der Waals surface area contributed by atoms with Gasteiger partial charge in [-0.05, 0) is 26.0 Å². The molecule has 0 atom stereocenters. The van der Waals surface area contributed by atoms with Crippen LogP contribution in [0.4, 0.5) is 5.82 Å². The first-order valence-electron chi connectivity index (χ1n) is 4.67. The maximum absolute atomic E-state index is 11.1. The number of amides is 2. The Labute approximate surface area is 93.0 Å². The molecule has 1 rings (SSSR count). The number of anilines is 1. The number of carbonyl (C=O) groups is 2. The molecule has 0 fully saturated rings. The van der Waals surface area contributed by atoms with Gasteiger partial charge in [-0.2, -0.15) is 0 Å². The quantitative estimate of drug-likeness (QED) is 0.658. The minimum atomic E-state index is -1.00. The molecular weight excluding hydrogens is 208 g/mol. The largest absolute Gasteiger partial charge is 0.368 e. The van der Waals surface area contributed by atoms with Gasteiger partial charge in [0.15, 0.2) is 0 Å². The lowest BCUT2D eigenvalue weighted by Crippen LogP contribution is -2.45. The van der Waals surface area contributed by atoms with Crippen LogP contribution in [0.25, 0.3) is 0 Å². The van der Waals surface area contributed by atoms with Crippen LogP contribution in [0.2, 0.25) is 0 Å². The summed E-state index contributed by atoms with van der Waals surface area (Å²) in [4.78, 5) is 26.2. The molecule has 0 unspecified atom stereocenters. The smallest absolute Gasteiger partial charge is 0.252 e. The second-order valence-electron chi connectivity index (χ2n) is 3.88. The third kappa shape index (κ3) is 2.47. The normalized spacial score (nSPS) is 10.9. The standard InChI is InChI=1S/C10H14N4O2/c1-10(2,9(12)16)14-8-6(7(11)15)4-3-5-13-8/h3-5H,1-2H3,(H2,11,15)(H2,12,16)(H,13,14). The van der Waals surface area contributed by atoms with Crippen molar-refractivity contribution in [2.75, 3.05) is 5.32 Å². The second kappa shape index (κ2) is 4.18. The van der Waals surface area contributed by atoms with Crippen LogP contribution >= 0.6 is 0 Å². The Morgan fingerprint density at radius 1 is 1.38 bits per heavy atom. The van der Waals surface area contributed by atoms with Crippen molar-refractivity contribution in [1.29, 1.82) is 0 Å². The number of hydrogen-bond donors (Lipinski definition) is 3. The van der Waals surface area contributed by atoms with Gasteiger partial charge in [-0.15, -0.1) is 0 Å². The van der Waals surface area contributed by atoms with Gasteiger partial charge >= 0.3 is 0 Å². The van der Waals surface area contributed by atoms with E-state index in [2.05, 4.69) is 10.3 Å². The zero-order chi connectivity index (χ0) is 12.3. The molecule has 0 aliphatic carbocycles. The highest BCUT2D eigenvalue weighted by molar-refractivity contribution is 5.98. The van der Waals surface area contributed by atoms with Gasteiger partial charge < -0.3 is 16.8 Å². The van der Waals surface area contributed by atoms with E-state index in [4.69, 9.17) is 11.5 Å². The molecule has 0 bridgehead atoms. The van der Waals surface area contributed by atoms with E-state index in [0.717, 1.165) is 0 Å². The lowest BCUT2D eigenvalue weighted by Gasteiger charge is -2.23. The van der Waals surface area contributed by atoms with Crippen molar-refractivity contribution in [3.05, 3.63) is 23.9 Å². The summed E-state index contributed by atoms with van der Waals surface area (Å²) in [6.45, 7) is 3.18. The van der Waals surface area contributed by atoms with E-state index in [1.54, 1.807) is 19.9 Å². The van der Waals surface area contributed by atoms with Crippen LogP contribution in [-0.4, -0.2) is 22.3 Å². The van der Waals surface area contributed by atoms with Crippen molar-refractivity contribution < 1.29 is 9.59 Å². The molecule has 0 aliphatic rings. The van der Waals surface area contributed by atoms with E-state index in [1.165, 1.54) is 12.3 Å². The van der Waals surface area contributed by atoms with E-state index < -0.39 is 17.4 Å². The summed E-state index contributed by atoms with van der Waals surface area (Å²) < 4.78 is 0. The Morgan fingerprint density at radius 3 is 2.50 bits per heavy atom. The van der Waals surface area contributed by atoms with Crippen LogP contribution in [0.3, 0.4) is 0 Å². The number of primary amides is 2. The van der Waals surface area contributed by atoms with Gasteiger partial charge in [0.2, 0.25) is 5.91 Å². The monoisotopic (exact) mass is 222 g/mol. The molecular formula is C10H14N4O2. The minimum Gasteiger partial charge on any atom is -0.368 e. The van der Waals surface area contributed by atoms with Crippen molar-refractivity contribution in [3.63, 3.8) is 0 Å². The van der Waals surface area contributed by atoms with Crippen molar-refractivity contribution in [3.8, 4) is 0 Å². The Bertz CT molecular complexity index is 429. The summed E-state index contributed by atoms with van der Waals surface area (Å²) in [7, 11) is 0. The Balaban J connectivity index is 3.06. The van der Waals surface area contributed by atoms with Gasteiger partial charge in [-0.1, -0.05) is 0 Å². The molecule has 2 amide bonds. The van der Waals surface area contributed by atoms with Gasteiger partial charge in [0.1, 0.15) is 11.4 Å². The van der Waals surface area contributed by atoms with Crippen molar-refractivity contribution in [2.24, 2.45) is 11.5 Å². The molecule has 1 aromatic rings. The Kier molecular flexibility index (Phi) is 3.12. The predicted molar refractivity (Wildman–Crippen MR) is 59.7 cm³/mol. The van der Waals surface area contributed by atoms with Gasteiger partial charge in [0.05, 0.1) is 5.56 Å². The van der Waals surface area contributed by atoms with Crippen molar-refractivity contribution in [1.82, 2.24) is 4.98 Å². The molecule has 0 spiro atoms. The van der Waals surface area contributed by atoms with E-state index in [0.29, 0.717) is 0 Å². The number of rotatable bonds is 4. The molecule has 1 aromatic heterocycles. The maximum atomic E-state index is 11.1. The topological polar surface area (TPSA) is 111 Å². The highest BCUT2D eigenvalue weighted by Crippen LogP contribution is 2.16. The number of hydrogen-bond acceptors (Lipinski definition) is 4. The SMILES string of the molecule is CC(C)(Nc1ncccc1C(N)=O)C(N)=O. The molecule has 6 heteroatoms. The molecule has 1 heterocycles. The molecule has 0 aromatic carbocycles. The number of aromatic nitrogens is 1. The third-order valence-corrected chi connectivity index (χ3v) is 2.12. The number of nitrogens with zero attached hydrogens (tertiary/aromatic N) is 1. The predicted octanol–water partition coefficient (Wildman–Crippen LogP) is -0.144. The number of pyridine rings is 1. The molecule has 86 valence electrons. The third-order valence-electron chi connectivity index (χ3n) is 2.12. The average Bonchev–Trinajstić information content (AvgIpc) is 2.17. The van der Waals surface area contributed by atoms with E-state index in [9.17, 15) is 9.59 Å². The van der Waals surface area contributed by atoms with Gasteiger partial charge in [-0.25, -0.2) is 4.98 Å². The number of carbonyl (C=O) groups excluding carboxylic acids is 2. The van der Waals surface area contributed by atoms with E-state index in [-0.39, 0.29) is 11.4 Å². The molecule has 0 radical (unpaired) electrons. The first-order chi connectivity index (χ1) is 7.34. The number of nitrogens with one attached hydrogen (secondary N) is 1. The summed E-state index contributed by atoms with van der Waals surface area (Å²) in [6.07, 6.45) is 1.49. The van der Waals surface area contributed by atoms with Crippen LogP contribution in [0.1, 0.15) is 24.2 Å². The van der Waals surface area contributed by atoms with Crippen LogP contribution in [0, 0.1) is 0 Å². The average molecular weight is 222 g/mol. The van der Waals surface area contributed by atoms with Gasteiger partial charge in [0, 0.05) is 6.20 Å². The summed E-state index contributed by atoms with van der Waals surface area (Å²) >= 11 is 0. The summed E-state index contributed by atoms with van der Waals surface area (Å²) in [5.41, 5.74) is 9.59. The molecule has 0 aliphatic heterocycles. The lowest BCUT2D eigenvalue weighted by molar-refractivity contribution is -0.121. The fraction of sp³-hybridized carbons (Fsp3) is 0.300. The molecule has 0 saturated carbocycles. The summed E-state index contributed by atoms with van der Waals surface area (Å²) in [5.74, 6) is -0.914. The molecule has 16 heavy (non-hydrogen) atoms. The fourth-order valence-electron chi connectivity index (χ4n) is 1.06. The van der Waals surface area contributed by atoms with Crippen molar-refractivity contribution >= 4 is 17.6 Å². The summed E-state index contributed by atoms with van der Waals surface area (Å²) in [5, 5.41) is 2.78. The number of nitrogens with two attached hydrogens (primary N) is 2. The molecule has 5 N–H and O–H groups in total. The van der Waals surface area contributed by atoms with E-state index >= 15 is 0 Å². The first-order valence-corrected chi connectivity index (χ1v) is 4.67. The van der Waals surface area contributed by atoms with Gasteiger partial charge in [-0.3, -0.25) is 9.59 Å². The highest BCUT2D eigenvalue weighted by atomic mass is 16.2. The second-order valence-corrected chi connectivity index (χ2v) is 3.88. The highest BCUT2D eigenvalue weighted by Gasteiger charge is 2.26. The fourth-order valence-corrected chi connectivity index (χ4v) is 1.06. The Hall–Kier alpha value is -2.11. The lowest BCUT2D eigenvalue weighted by atomic mass is 10.0. The van der Waals surface area contributed by atoms with E-state index in [1.807, 2.05) is 0 Å². The zero-order valence-electron chi connectivity index (χ0n) is 9.15. The van der Waals surface area contributed by atoms with Crippen molar-refractivity contribution in [2.45, 2.75) is 19.4 Å². The maximum Gasteiger partial charge on any atom is 0.252 e. The summed E-state index contributed by atoms with van der Waals surface area (Å²) in [6, 6.07) is 3.11. The zero-order valence-corrected chi connectivity index (χ0v) is 9.15. The molecule has 6 nitrogen and oxygen atoms in total. The molecule has 0 saturated heterocycles. The minimum absolute atomic E-state index is 0.219. The van der Waals surface area contributed by atoms with Gasteiger partial charge in [0.25, 0.3) is 5.91 Å². The first kappa shape index (κ1) is 12.0. The van der Waals surface area contributed by atoms with Crippen LogP contribution < -0.4 is 16.8 Å².